The molecule has 0 saturated carbocycles. The second kappa shape index (κ2) is 5.77. The molecule has 0 fully saturated rings. The van der Waals surface area contributed by atoms with Crippen LogP contribution < -0.4 is 5.43 Å². The highest BCUT2D eigenvalue weighted by Crippen LogP contribution is 2.21. The molecule has 0 aliphatic heterocycles. The van der Waals surface area contributed by atoms with E-state index in [-0.39, 0.29) is 5.71 Å². The summed E-state index contributed by atoms with van der Waals surface area (Å²) < 4.78 is 0.871. The third-order valence-electron chi connectivity index (χ3n) is 2.88. The summed E-state index contributed by atoms with van der Waals surface area (Å²) >= 11 is 3.41. The molecular formula is C15H10BrN5. The maximum absolute atomic E-state index is 9.26. The summed E-state index contributed by atoms with van der Waals surface area (Å²) in [5.74, 6) is 0.443. The van der Waals surface area contributed by atoms with Gasteiger partial charge in [0.25, 0.3) is 0 Å². The van der Waals surface area contributed by atoms with Crippen LogP contribution in [0.3, 0.4) is 0 Å². The summed E-state index contributed by atoms with van der Waals surface area (Å²) in [6, 6.07) is 17.2. The van der Waals surface area contributed by atoms with E-state index in [4.69, 9.17) is 0 Å². The molecule has 0 radical (unpaired) electrons. The number of fused-ring (bicyclic) bond motifs is 1. The number of H-pyrrole nitrogens is 1. The lowest BCUT2D eigenvalue weighted by molar-refractivity contribution is 1.25. The van der Waals surface area contributed by atoms with Crippen molar-refractivity contribution < 1.29 is 0 Å². The molecule has 1 aromatic heterocycles. The summed E-state index contributed by atoms with van der Waals surface area (Å²) in [4.78, 5) is 7.44. The van der Waals surface area contributed by atoms with Crippen LogP contribution in [0.5, 0.6) is 0 Å². The first-order valence-electron chi connectivity index (χ1n) is 6.21. The van der Waals surface area contributed by atoms with E-state index in [0.29, 0.717) is 5.82 Å². The number of rotatable bonds is 3. The molecule has 3 rings (SSSR count). The van der Waals surface area contributed by atoms with Crippen molar-refractivity contribution in [3.05, 3.63) is 58.8 Å². The van der Waals surface area contributed by atoms with Gasteiger partial charge in [-0.05, 0) is 40.2 Å². The Hall–Kier alpha value is -2.65. The number of nitrogens with one attached hydrogen (secondary N) is 2. The number of aromatic nitrogens is 2. The molecule has 0 amide bonds. The molecule has 2 aromatic carbocycles. The van der Waals surface area contributed by atoms with Gasteiger partial charge in [-0.2, -0.15) is 10.4 Å². The summed E-state index contributed by atoms with van der Waals surface area (Å²) in [6.45, 7) is 0. The summed E-state index contributed by atoms with van der Waals surface area (Å²) in [6.07, 6.45) is 0. The number of anilines is 1. The Balaban J connectivity index is 1.93. The smallest absolute Gasteiger partial charge is 0.203 e. The van der Waals surface area contributed by atoms with Gasteiger partial charge in [0.1, 0.15) is 6.07 Å². The molecule has 0 aliphatic rings. The van der Waals surface area contributed by atoms with Crippen molar-refractivity contribution in [3.63, 3.8) is 0 Å². The van der Waals surface area contributed by atoms with Crippen molar-refractivity contribution in [1.82, 2.24) is 9.97 Å². The summed E-state index contributed by atoms with van der Waals surface area (Å²) in [5, 5.41) is 13.4. The fraction of sp³-hybridized carbons (Fsp3) is 0. The van der Waals surface area contributed by atoms with Crippen LogP contribution in [0, 0.1) is 11.3 Å². The summed E-state index contributed by atoms with van der Waals surface area (Å²) in [7, 11) is 0. The van der Waals surface area contributed by atoms with Gasteiger partial charge in [0.05, 0.1) is 16.7 Å². The first-order chi connectivity index (χ1) is 10.3. The number of nitrogens with zero attached hydrogens (tertiary/aromatic N) is 3. The lowest BCUT2D eigenvalue weighted by Gasteiger charge is -2.02. The van der Waals surface area contributed by atoms with Crippen LogP contribution in [0.15, 0.2) is 58.1 Å². The number of aromatic amines is 1. The number of hydrogen-bond acceptors (Lipinski definition) is 4. The van der Waals surface area contributed by atoms with E-state index in [9.17, 15) is 5.26 Å². The molecule has 1 heterocycles. The SMILES string of the molecule is N#CC(=NNc1ccccc1Br)c1nc2ccccc2[nH]1. The van der Waals surface area contributed by atoms with Crippen LogP contribution in [0.2, 0.25) is 0 Å². The van der Waals surface area contributed by atoms with Gasteiger partial charge in [-0.25, -0.2) is 4.98 Å². The van der Waals surface area contributed by atoms with Gasteiger partial charge in [0, 0.05) is 4.47 Å². The third kappa shape index (κ3) is 2.78. The van der Waals surface area contributed by atoms with Gasteiger partial charge in [-0.1, -0.05) is 24.3 Å². The predicted molar refractivity (Wildman–Crippen MR) is 86.0 cm³/mol. The van der Waals surface area contributed by atoms with Gasteiger partial charge in [0.15, 0.2) is 5.82 Å². The quantitative estimate of drug-likeness (QED) is 0.564. The van der Waals surface area contributed by atoms with Crippen molar-refractivity contribution >= 4 is 38.4 Å². The van der Waals surface area contributed by atoms with E-state index in [1.54, 1.807) is 0 Å². The lowest BCUT2D eigenvalue weighted by atomic mass is 10.3. The third-order valence-corrected chi connectivity index (χ3v) is 3.57. The van der Waals surface area contributed by atoms with Crippen LogP contribution >= 0.6 is 15.9 Å². The van der Waals surface area contributed by atoms with Gasteiger partial charge >= 0.3 is 0 Å². The Morgan fingerprint density at radius 3 is 2.71 bits per heavy atom. The lowest BCUT2D eigenvalue weighted by Crippen LogP contribution is -2.04. The number of benzene rings is 2. The van der Waals surface area contributed by atoms with Gasteiger partial charge < -0.3 is 4.98 Å². The zero-order valence-corrected chi connectivity index (χ0v) is 12.4. The van der Waals surface area contributed by atoms with E-state index in [1.807, 2.05) is 54.6 Å². The second-order valence-electron chi connectivity index (χ2n) is 4.27. The number of halogens is 1. The fourth-order valence-electron chi connectivity index (χ4n) is 1.86. The van der Waals surface area contributed by atoms with Gasteiger partial charge in [-0.3, -0.25) is 5.43 Å². The molecule has 0 bridgehead atoms. The van der Waals surface area contributed by atoms with Crippen LogP contribution in [-0.2, 0) is 0 Å². The number of imidazole rings is 1. The molecule has 0 saturated heterocycles. The average Bonchev–Trinajstić information content (AvgIpc) is 2.93. The first-order valence-corrected chi connectivity index (χ1v) is 7.00. The molecule has 0 unspecified atom stereocenters. The molecule has 0 spiro atoms. The molecular weight excluding hydrogens is 330 g/mol. The fourth-order valence-corrected chi connectivity index (χ4v) is 2.24. The monoisotopic (exact) mass is 339 g/mol. The number of hydrogen-bond donors (Lipinski definition) is 2. The van der Waals surface area contributed by atoms with E-state index in [2.05, 4.69) is 36.4 Å². The second-order valence-corrected chi connectivity index (χ2v) is 5.12. The largest absolute Gasteiger partial charge is 0.336 e. The van der Waals surface area contributed by atoms with Crippen LogP contribution in [0.1, 0.15) is 5.82 Å². The van der Waals surface area contributed by atoms with E-state index >= 15 is 0 Å². The molecule has 3 aromatic rings. The Labute approximate surface area is 129 Å². The Morgan fingerprint density at radius 2 is 1.95 bits per heavy atom. The van der Waals surface area contributed by atoms with Gasteiger partial charge in [0.2, 0.25) is 5.71 Å². The molecule has 0 atom stereocenters. The normalized spacial score (nSPS) is 11.3. The Kier molecular flexibility index (Phi) is 3.67. The molecule has 5 nitrogen and oxygen atoms in total. The van der Waals surface area contributed by atoms with Crippen molar-refractivity contribution in [1.29, 1.82) is 5.26 Å². The van der Waals surface area contributed by atoms with Crippen LogP contribution in [0.4, 0.5) is 5.69 Å². The minimum Gasteiger partial charge on any atom is -0.336 e. The Bertz CT molecular complexity index is 827. The molecule has 6 heteroatoms. The zero-order valence-electron chi connectivity index (χ0n) is 10.8. The molecule has 2 N–H and O–H groups in total. The van der Waals surface area contributed by atoms with Gasteiger partial charge in [-0.15, -0.1) is 0 Å². The van der Waals surface area contributed by atoms with E-state index in [0.717, 1.165) is 21.2 Å². The molecule has 21 heavy (non-hydrogen) atoms. The highest BCUT2D eigenvalue weighted by atomic mass is 79.9. The predicted octanol–water partition coefficient (Wildman–Crippen LogP) is 3.67. The van der Waals surface area contributed by atoms with Crippen molar-refractivity contribution in [3.8, 4) is 6.07 Å². The highest BCUT2D eigenvalue weighted by molar-refractivity contribution is 9.10. The standard InChI is InChI=1S/C15H10BrN5/c16-10-5-1-2-6-11(10)20-21-14(9-17)15-18-12-7-3-4-8-13(12)19-15/h1-8,20H,(H,18,19). The van der Waals surface area contributed by atoms with Crippen molar-refractivity contribution in [2.24, 2.45) is 5.10 Å². The maximum Gasteiger partial charge on any atom is 0.203 e. The van der Waals surface area contributed by atoms with E-state index in [1.165, 1.54) is 0 Å². The van der Waals surface area contributed by atoms with Crippen molar-refractivity contribution in [2.75, 3.05) is 5.43 Å². The minimum absolute atomic E-state index is 0.196. The first kappa shape index (κ1) is 13.3. The minimum atomic E-state index is 0.196. The molecule has 102 valence electrons. The van der Waals surface area contributed by atoms with Crippen LogP contribution in [-0.4, -0.2) is 15.7 Å². The average molecular weight is 340 g/mol. The molecule has 0 aliphatic carbocycles. The van der Waals surface area contributed by atoms with E-state index < -0.39 is 0 Å². The topological polar surface area (TPSA) is 76.9 Å². The highest BCUT2D eigenvalue weighted by Gasteiger charge is 2.09. The number of hydrazone groups is 1. The van der Waals surface area contributed by atoms with Crippen molar-refractivity contribution in [2.45, 2.75) is 0 Å². The Morgan fingerprint density at radius 1 is 1.19 bits per heavy atom. The maximum atomic E-state index is 9.26. The van der Waals surface area contributed by atoms with Crippen LogP contribution in [0.25, 0.3) is 11.0 Å². The number of nitriles is 1. The summed E-state index contributed by atoms with van der Waals surface area (Å²) in [5.41, 5.74) is 5.51. The zero-order chi connectivity index (χ0) is 14.7. The number of para-hydroxylation sites is 3.